The topological polar surface area (TPSA) is 48.1 Å². The number of nitrogens with zero attached hydrogens (tertiary/aromatic N) is 2. The van der Waals surface area contributed by atoms with Crippen molar-refractivity contribution in [2.75, 3.05) is 0 Å². The highest BCUT2D eigenvalue weighted by atomic mass is 16.6. The molecular weight excluding hydrogens is 444 g/mol. The van der Waals surface area contributed by atoms with Gasteiger partial charge in [-0.1, -0.05) is 91.0 Å². The van der Waals surface area contributed by atoms with Crippen molar-refractivity contribution in [1.29, 1.82) is 0 Å². The summed E-state index contributed by atoms with van der Waals surface area (Å²) in [6, 6.07) is 40.5. The van der Waals surface area contributed by atoms with Gasteiger partial charge in [-0.3, -0.25) is 10.1 Å². The zero-order valence-corrected chi connectivity index (χ0v) is 19.3. The van der Waals surface area contributed by atoms with Crippen LogP contribution in [0.25, 0.3) is 60.2 Å². The van der Waals surface area contributed by atoms with Gasteiger partial charge < -0.3 is 4.57 Å². The molecule has 0 fully saturated rings. The van der Waals surface area contributed by atoms with E-state index in [1.807, 2.05) is 36.4 Å². The van der Waals surface area contributed by atoms with Crippen molar-refractivity contribution >= 4 is 49.0 Å². The zero-order valence-electron chi connectivity index (χ0n) is 19.3. The van der Waals surface area contributed by atoms with Crippen LogP contribution in [0.15, 0.2) is 121 Å². The normalized spacial score (nSPS) is 11.6. The number of nitro groups is 1. The van der Waals surface area contributed by atoms with Crippen LogP contribution < -0.4 is 0 Å². The van der Waals surface area contributed by atoms with Gasteiger partial charge in [-0.25, -0.2) is 0 Å². The minimum atomic E-state index is -0.290. The molecule has 0 atom stereocenters. The van der Waals surface area contributed by atoms with E-state index in [4.69, 9.17) is 0 Å². The fraction of sp³-hybridized carbons (Fsp3) is 0. The third kappa shape index (κ3) is 2.88. The maximum atomic E-state index is 12.1. The maximum Gasteiger partial charge on any atom is 0.277 e. The molecular formula is C32H20N2O2. The molecule has 0 N–H and O–H groups in total. The Hall–Kier alpha value is -4.96. The van der Waals surface area contributed by atoms with E-state index in [2.05, 4.69) is 77.4 Å². The van der Waals surface area contributed by atoms with Crippen LogP contribution in [0.5, 0.6) is 0 Å². The summed E-state index contributed by atoms with van der Waals surface area (Å²) in [7, 11) is 0. The second-order valence-electron chi connectivity index (χ2n) is 9.00. The summed E-state index contributed by atoms with van der Waals surface area (Å²) in [5.41, 5.74) is 4.81. The first-order chi connectivity index (χ1) is 17.7. The van der Waals surface area contributed by atoms with Gasteiger partial charge in [-0.05, 0) is 40.6 Å². The van der Waals surface area contributed by atoms with Crippen LogP contribution in [-0.2, 0) is 0 Å². The van der Waals surface area contributed by atoms with Crippen molar-refractivity contribution < 1.29 is 4.92 Å². The van der Waals surface area contributed by atoms with Gasteiger partial charge >= 0.3 is 0 Å². The monoisotopic (exact) mass is 464 g/mol. The lowest BCUT2D eigenvalue weighted by molar-refractivity contribution is -0.384. The van der Waals surface area contributed by atoms with Gasteiger partial charge in [0.1, 0.15) is 0 Å². The Morgan fingerprint density at radius 3 is 1.97 bits per heavy atom. The van der Waals surface area contributed by atoms with Gasteiger partial charge in [-0.2, -0.15) is 0 Å². The van der Waals surface area contributed by atoms with Crippen LogP contribution in [0.4, 0.5) is 5.69 Å². The lowest BCUT2D eigenvalue weighted by atomic mass is 9.94. The van der Waals surface area contributed by atoms with Gasteiger partial charge in [0.15, 0.2) is 0 Å². The molecule has 4 nitrogen and oxygen atoms in total. The summed E-state index contributed by atoms with van der Waals surface area (Å²) in [5.74, 6) is 0. The quantitative estimate of drug-likeness (QED) is 0.194. The molecule has 1 aromatic heterocycles. The molecule has 0 bridgehead atoms. The summed E-state index contributed by atoms with van der Waals surface area (Å²) in [4.78, 5) is 11.8. The van der Waals surface area contributed by atoms with Gasteiger partial charge in [0.25, 0.3) is 5.69 Å². The fourth-order valence-electron chi connectivity index (χ4n) is 5.55. The molecule has 4 heteroatoms. The van der Waals surface area contributed by atoms with Crippen molar-refractivity contribution in [3.8, 4) is 16.8 Å². The lowest BCUT2D eigenvalue weighted by Crippen LogP contribution is -1.96. The van der Waals surface area contributed by atoms with Crippen LogP contribution >= 0.6 is 0 Å². The summed E-state index contributed by atoms with van der Waals surface area (Å²) in [6.07, 6.45) is 0. The second-order valence-corrected chi connectivity index (χ2v) is 9.00. The van der Waals surface area contributed by atoms with Crippen LogP contribution in [0.2, 0.25) is 0 Å². The number of hydrogen-bond acceptors (Lipinski definition) is 2. The van der Waals surface area contributed by atoms with E-state index in [1.54, 1.807) is 12.1 Å². The van der Waals surface area contributed by atoms with Crippen LogP contribution in [0.3, 0.4) is 0 Å². The van der Waals surface area contributed by atoms with Gasteiger partial charge in [0.2, 0.25) is 0 Å². The van der Waals surface area contributed by atoms with E-state index in [0.717, 1.165) is 54.6 Å². The van der Waals surface area contributed by atoms with Gasteiger partial charge in [0.05, 0.1) is 21.5 Å². The molecule has 7 rings (SSSR count). The summed E-state index contributed by atoms with van der Waals surface area (Å²) < 4.78 is 2.33. The smallest absolute Gasteiger partial charge is 0.277 e. The Morgan fingerprint density at radius 1 is 0.556 bits per heavy atom. The Kier molecular flexibility index (Phi) is 4.42. The molecule has 0 saturated heterocycles. The lowest BCUT2D eigenvalue weighted by Gasteiger charge is -2.13. The molecule has 0 aliphatic heterocycles. The SMILES string of the molecule is O=[N+]([O-])c1ccccc1-c1cc2ccccc2c2c1c1ccc3ccccc3c1n2-c1ccccc1. The molecule has 0 saturated carbocycles. The van der Waals surface area contributed by atoms with Crippen LogP contribution in [0.1, 0.15) is 0 Å². The first-order valence-electron chi connectivity index (χ1n) is 11.9. The molecule has 0 aliphatic rings. The third-order valence-electron chi connectivity index (χ3n) is 7.04. The van der Waals surface area contributed by atoms with Crippen molar-refractivity contribution in [3.63, 3.8) is 0 Å². The van der Waals surface area contributed by atoms with Crippen LogP contribution in [0, 0.1) is 10.1 Å². The maximum absolute atomic E-state index is 12.1. The highest BCUT2D eigenvalue weighted by Gasteiger charge is 2.24. The minimum absolute atomic E-state index is 0.107. The van der Waals surface area contributed by atoms with E-state index < -0.39 is 0 Å². The fourth-order valence-corrected chi connectivity index (χ4v) is 5.55. The predicted octanol–water partition coefficient (Wildman–Crippen LogP) is 8.67. The molecule has 6 aromatic carbocycles. The van der Waals surface area contributed by atoms with Crippen LogP contribution in [-0.4, -0.2) is 9.49 Å². The van der Waals surface area contributed by atoms with Gasteiger partial charge in [-0.15, -0.1) is 0 Å². The van der Waals surface area contributed by atoms with Crippen molar-refractivity contribution in [2.24, 2.45) is 0 Å². The molecule has 0 aliphatic carbocycles. The average molecular weight is 465 g/mol. The Bertz CT molecular complexity index is 1970. The number of fused-ring (bicyclic) bond motifs is 7. The summed E-state index contributed by atoms with van der Waals surface area (Å²) in [6.45, 7) is 0. The first kappa shape index (κ1) is 20.4. The number of nitro benzene ring substituents is 1. The highest BCUT2D eigenvalue weighted by molar-refractivity contribution is 6.28. The average Bonchev–Trinajstić information content (AvgIpc) is 3.29. The van der Waals surface area contributed by atoms with E-state index >= 15 is 0 Å². The summed E-state index contributed by atoms with van der Waals surface area (Å²) >= 11 is 0. The number of para-hydroxylation sites is 2. The molecule has 7 aromatic rings. The van der Waals surface area contributed by atoms with E-state index in [0.29, 0.717) is 5.56 Å². The van der Waals surface area contributed by atoms with Crippen molar-refractivity contribution in [3.05, 3.63) is 131 Å². The van der Waals surface area contributed by atoms with Crippen molar-refractivity contribution in [2.45, 2.75) is 0 Å². The Balaban J connectivity index is 1.81. The Labute approximate surface area is 206 Å². The second kappa shape index (κ2) is 7.79. The number of hydrogen-bond donors (Lipinski definition) is 0. The minimum Gasteiger partial charge on any atom is -0.308 e. The van der Waals surface area contributed by atoms with Gasteiger partial charge in [0, 0.05) is 33.3 Å². The highest BCUT2D eigenvalue weighted by Crippen LogP contribution is 2.46. The van der Waals surface area contributed by atoms with Crippen molar-refractivity contribution in [1.82, 2.24) is 4.57 Å². The van der Waals surface area contributed by atoms with E-state index in [-0.39, 0.29) is 10.6 Å². The molecule has 0 spiro atoms. The standard InChI is InChI=1S/C32H20N2O2/c35-34(36)29-17-9-8-16-26(29)28-20-22-11-5-7-15-25(22)32-30(28)27-19-18-21-10-4-6-14-24(21)31(27)33(32)23-12-2-1-3-13-23/h1-20H. The molecule has 36 heavy (non-hydrogen) atoms. The first-order valence-corrected chi connectivity index (χ1v) is 11.9. The number of benzene rings is 6. The zero-order chi connectivity index (χ0) is 24.2. The molecule has 170 valence electrons. The Morgan fingerprint density at radius 2 is 1.19 bits per heavy atom. The predicted molar refractivity (Wildman–Crippen MR) is 148 cm³/mol. The summed E-state index contributed by atoms with van der Waals surface area (Å²) in [5, 5.41) is 18.6. The molecule has 0 unspecified atom stereocenters. The van der Waals surface area contributed by atoms with E-state index in [1.165, 1.54) is 0 Å². The molecule has 1 heterocycles. The number of rotatable bonds is 3. The largest absolute Gasteiger partial charge is 0.308 e. The molecule has 0 amide bonds. The van der Waals surface area contributed by atoms with E-state index in [9.17, 15) is 10.1 Å². The number of aromatic nitrogens is 1. The molecule has 0 radical (unpaired) electrons. The third-order valence-corrected chi connectivity index (χ3v) is 7.04.